The van der Waals surface area contributed by atoms with Gasteiger partial charge in [0, 0.05) is 5.56 Å². The predicted octanol–water partition coefficient (Wildman–Crippen LogP) is 7.31. The summed E-state index contributed by atoms with van der Waals surface area (Å²) in [4.78, 5) is 0. The van der Waals surface area contributed by atoms with Crippen LogP contribution in [0.1, 0.15) is 86.1 Å². The minimum Gasteiger partial charge on any atom is -0.207 e. The van der Waals surface area contributed by atoms with E-state index in [1.54, 1.807) is 12.1 Å². The monoisotopic (exact) mass is 370 g/mol. The first kappa shape index (κ1) is 20.0. The molecule has 1 aliphatic rings. The number of benzene rings is 2. The molecule has 0 aliphatic heterocycles. The lowest BCUT2D eigenvalue weighted by molar-refractivity contribution is 0.489. The van der Waals surface area contributed by atoms with Crippen molar-refractivity contribution in [3.05, 3.63) is 69.8 Å². The molecule has 0 N–H and O–H groups in total. The third kappa shape index (κ3) is 4.97. The zero-order valence-electron chi connectivity index (χ0n) is 16.8. The Balaban J connectivity index is 1.74. The van der Waals surface area contributed by atoms with E-state index in [9.17, 15) is 8.78 Å². The molecule has 0 amide bonds. The molecule has 2 heteroatoms. The maximum absolute atomic E-state index is 14.7. The molecule has 27 heavy (non-hydrogen) atoms. The fourth-order valence-corrected chi connectivity index (χ4v) is 4.34. The number of fused-ring (bicyclic) bond motifs is 1. The Kier molecular flexibility index (Phi) is 7.04. The zero-order chi connectivity index (χ0) is 19.2. The van der Waals surface area contributed by atoms with Crippen LogP contribution in [-0.4, -0.2) is 0 Å². The maximum atomic E-state index is 14.7. The molecule has 0 spiro atoms. The van der Waals surface area contributed by atoms with E-state index >= 15 is 0 Å². The van der Waals surface area contributed by atoms with Crippen LogP contribution in [-0.2, 0) is 25.7 Å². The molecule has 1 aliphatic carbocycles. The summed E-state index contributed by atoms with van der Waals surface area (Å²) in [6, 6.07) is 9.82. The minimum atomic E-state index is -0.352. The Morgan fingerprint density at radius 3 is 2.22 bits per heavy atom. The summed E-state index contributed by atoms with van der Waals surface area (Å²) >= 11 is 0. The standard InChI is InChI=1S/C25H32F2/c1-3-5-7-9-19-15-23(26)25(24(27)16-19)22-13-12-20-14-18(8-6-4-2)10-11-21(20)17-22/h10-11,14-16,22H,3-9,12-13,17H2,1-2H3. The number of aryl methyl sites for hydroxylation is 3. The Morgan fingerprint density at radius 1 is 0.815 bits per heavy atom. The van der Waals surface area contributed by atoms with Gasteiger partial charge in [-0.15, -0.1) is 0 Å². The average Bonchev–Trinajstić information content (AvgIpc) is 2.66. The minimum absolute atomic E-state index is 0.0521. The summed E-state index contributed by atoms with van der Waals surface area (Å²) in [6.45, 7) is 4.35. The Labute approximate surface area is 163 Å². The second-order valence-corrected chi connectivity index (χ2v) is 8.08. The van der Waals surface area contributed by atoms with E-state index in [0.29, 0.717) is 5.56 Å². The zero-order valence-corrected chi connectivity index (χ0v) is 16.8. The van der Waals surface area contributed by atoms with Crippen LogP contribution >= 0.6 is 0 Å². The van der Waals surface area contributed by atoms with Gasteiger partial charge < -0.3 is 0 Å². The van der Waals surface area contributed by atoms with Crippen molar-refractivity contribution in [2.24, 2.45) is 0 Å². The lowest BCUT2D eigenvalue weighted by Crippen LogP contribution is -2.16. The first-order chi connectivity index (χ1) is 13.1. The first-order valence-corrected chi connectivity index (χ1v) is 10.7. The van der Waals surface area contributed by atoms with Crippen molar-refractivity contribution in [1.82, 2.24) is 0 Å². The highest BCUT2D eigenvalue weighted by molar-refractivity contribution is 5.38. The highest BCUT2D eigenvalue weighted by Crippen LogP contribution is 2.36. The Morgan fingerprint density at radius 2 is 1.52 bits per heavy atom. The van der Waals surface area contributed by atoms with E-state index in [1.807, 2.05) is 0 Å². The second kappa shape index (κ2) is 9.48. The molecule has 0 saturated carbocycles. The van der Waals surface area contributed by atoms with Gasteiger partial charge in [-0.2, -0.15) is 0 Å². The molecular weight excluding hydrogens is 338 g/mol. The first-order valence-electron chi connectivity index (χ1n) is 10.7. The van der Waals surface area contributed by atoms with Crippen molar-refractivity contribution in [2.75, 3.05) is 0 Å². The van der Waals surface area contributed by atoms with Crippen LogP contribution in [0.3, 0.4) is 0 Å². The van der Waals surface area contributed by atoms with Gasteiger partial charge in [0.25, 0.3) is 0 Å². The summed E-state index contributed by atoms with van der Waals surface area (Å²) < 4.78 is 29.5. The third-order valence-corrected chi connectivity index (χ3v) is 5.93. The molecule has 0 bridgehead atoms. The van der Waals surface area contributed by atoms with E-state index in [2.05, 4.69) is 32.0 Å². The van der Waals surface area contributed by atoms with Gasteiger partial charge in [-0.1, -0.05) is 51.3 Å². The highest BCUT2D eigenvalue weighted by Gasteiger charge is 2.26. The van der Waals surface area contributed by atoms with E-state index in [-0.39, 0.29) is 17.6 Å². The molecule has 2 aromatic carbocycles. The number of hydrogen-bond donors (Lipinski definition) is 0. The van der Waals surface area contributed by atoms with Gasteiger partial charge in [-0.25, -0.2) is 8.78 Å². The molecule has 0 aromatic heterocycles. The molecule has 0 fully saturated rings. The van der Waals surface area contributed by atoms with Gasteiger partial charge in [-0.3, -0.25) is 0 Å². The normalized spacial score (nSPS) is 16.4. The predicted molar refractivity (Wildman–Crippen MR) is 109 cm³/mol. The van der Waals surface area contributed by atoms with E-state index in [4.69, 9.17) is 0 Å². The molecule has 0 radical (unpaired) electrons. The molecule has 0 saturated heterocycles. The van der Waals surface area contributed by atoms with Gasteiger partial charge in [0.2, 0.25) is 0 Å². The van der Waals surface area contributed by atoms with Crippen molar-refractivity contribution in [3.8, 4) is 0 Å². The number of hydrogen-bond acceptors (Lipinski definition) is 0. The topological polar surface area (TPSA) is 0 Å². The van der Waals surface area contributed by atoms with E-state index < -0.39 is 0 Å². The summed E-state index contributed by atoms with van der Waals surface area (Å²) in [5.41, 5.74) is 5.12. The van der Waals surface area contributed by atoms with Crippen LogP contribution in [0.5, 0.6) is 0 Å². The van der Waals surface area contributed by atoms with Crippen molar-refractivity contribution in [3.63, 3.8) is 0 Å². The van der Waals surface area contributed by atoms with E-state index in [0.717, 1.165) is 56.9 Å². The van der Waals surface area contributed by atoms with Crippen LogP contribution in [0.25, 0.3) is 0 Å². The second-order valence-electron chi connectivity index (χ2n) is 8.08. The number of unbranched alkanes of at least 4 members (excludes halogenated alkanes) is 3. The smallest absolute Gasteiger partial charge is 0.129 e. The van der Waals surface area contributed by atoms with Crippen LogP contribution in [0.15, 0.2) is 30.3 Å². The fourth-order valence-electron chi connectivity index (χ4n) is 4.34. The van der Waals surface area contributed by atoms with Crippen molar-refractivity contribution in [2.45, 2.75) is 84.0 Å². The van der Waals surface area contributed by atoms with Crippen LogP contribution in [0.2, 0.25) is 0 Å². The van der Waals surface area contributed by atoms with Gasteiger partial charge in [-0.05, 0) is 85.3 Å². The summed E-state index contributed by atoms with van der Waals surface area (Å²) in [7, 11) is 0. The SMILES string of the molecule is CCCCCc1cc(F)c(C2CCc3cc(CCCC)ccc3C2)c(F)c1. The molecule has 146 valence electrons. The van der Waals surface area contributed by atoms with Crippen molar-refractivity contribution >= 4 is 0 Å². The maximum Gasteiger partial charge on any atom is 0.129 e. The molecule has 3 rings (SSSR count). The van der Waals surface area contributed by atoms with Crippen LogP contribution < -0.4 is 0 Å². The average molecular weight is 371 g/mol. The Hall–Kier alpha value is -1.70. The Bertz CT molecular complexity index is 740. The molecule has 0 nitrogen and oxygen atoms in total. The summed E-state index contributed by atoms with van der Waals surface area (Å²) in [6.07, 6.45) is 9.98. The van der Waals surface area contributed by atoms with Gasteiger partial charge in [0.05, 0.1) is 0 Å². The largest absolute Gasteiger partial charge is 0.207 e. The van der Waals surface area contributed by atoms with Gasteiger partial charge in [0.15, 0.2) is 0 Å². The van der Waals surface area contributed by atoms with E-state index in [1.165, 1.54) is 29.5 Å². The fraction of sp³-hybridized carbons (Fsp3) is 0.520. The highest BCUT2D eigenvalue weighted by atomic mass is 19.1. The van der Waals surface area contributed by atoms with Crippen LogP contribution in [0.4, 0.5) is 8.78 Å². The quantitative estimate of drug-likeness (QED) is 0.427. The van der Waals surface area contributed by atoms with Crippen molar-refractivity contribution in [1.29, 1.82) is 0 Å². The number of rotatable bonds is 8. The van der Waals surface area contributed by atoms with Gasteiger partial charge in [0.1, 0.15) is 11.6 Å². The van der Waals surface area contributed by atoms with Crippen LogP contribution in [0, 0.1) is 11.6 Å². The lowest BCUT2D eigenvalue weighted by atomic mass is 9.79. The molecule has 2 aromatic rings. The lowest BCUT2D eigenvalue weighted by Gasteiger charge is -2.26. The third-order valence-electron chi connectivity index (χ3n) is 5.93. The number of halogens is 2. The molecular formula is C25H32F2. The molecule has 1 unspecified atom stereocenters. The van der Waals surface area contributed by atoms with Gasteiger partial charge >= 0.3 is 0 Å². The summed E-state index contributed by atoms with van der Waals surface area (Å²) in [5, 5.41) is 0. The molecule has 1 atom stereocenters. The summed E-state index contributed by atoms with van der Waals surface area (Å²) in [5.74, 6) is -0.757. The van der Waals surface area contributed by atoms with Crippen molar-refractivity contribution < 1.29 is 8.78 Å². The molecule has 0 heterocycles.